The van der Waals surface area contributed by atoms with Gasteiger partial charge in [0.25, 0.3) is 0 Å². The molecule has 1 unspecified atom stereocenters. The molecule has 0 saturated heterocycles. The number of hydrogen-bond donors (Lipinski definition) is 2. The number of nitrogens with zero attached hydrogens (tertiary/aromatic N) is 4. The van der Waals surface area contributed by atoms with E-state index in [-0.39, 0.29) is 0 Å². The number of rotatable bonds is 6. The molecule has 2 N–H and O–H groups in total. The molecule has 0 spiro atoms. The van der Waals surface area contributed by atoms with Crippen LogP contribution in [-0.4, -0.2) is 47.6 Å². The van der Waals surface area contributed by atoms with Crippen molar-refractivity contribution in [3.05, 3.63) is 48.3 Å². The van der Waals surface area contributed by atoms with Crippen LogP contribution in [0, 0.1) is 0 Å². The van der Waals surface area contributed by atoms with Gasteiger partial charge < -0.3 is 24.6 Å². The maximum Gasteiger partial charge on any atom is 0.229 e. The van der Waals surface area contributed by atoms with Gasteiger partial charge in [-0.25, -0.2) is 9.97 Å². The molecule has 0 aliphatic carbocycles. The molecule has 0 amide bonds. The highest BCUT2D eigenvalue weighted by Gasteiger charge is 2.29. The number of hydrogen-bond acceptors (Lipinski definition) is 9. The second-order valence-corrected chi connectivity index (χ2v) is 6.66. The average molecular weight is 409 g/mol. The zero-order valence-electron chi connectivity index (χ0n) is 17.0. The molecule has 30 heavy (non-hydrogen) atoms. The number of benzene rings is 1. The van der Waals surface area contributed by atoms with Crippen LogP contribution in [0.2, 0.25) is 0 Å². The zero-order valence-corrected chi connectivity index (χ0v) is 17.0. The minimum absolute atomic E-state index is 0.373. The molecule has 3 heterocycles. The van der Waals surface area contributed by atoms with E-state index in [0.717, 1.165) is 5.56 Å². The lowest BCUT2D eigenvalue weighted by Crippen LogP contribution is -2.36. The summed E-state index contributed by atoms with van der Waals surface area (Å²) in [6.45, 7) is 0. The number of aliphatic hydroxyl groups excluding tert-OH is 1. The van der Waals surface area contributed by atoms with Gasteiger partial charge in [-0.05, 0) is 25.0 Å². The van der Waals surface area contributed by atoms with E-state index in [2.05, 4.69) is 20.3 Å². The number of aromatic nitrogens is 3. The molecule has 3 aromatic rings. The zero-order chi connectivity index (χ0) is 21.1. The first kappa shape index (κ1) is 19.7. The van der Waals surface area contributed by atoms with Gasteiger partial charge in [-0.2, -0.15) is 4.98 Å². The smallest absolute Gasteiger partial charge is 0.229 e. The van der Waals surface area contributed by atoms with Crippen LogP contribution in [0.15, 0.2) is 42.7 Å². The number of anilines is 4. The van der Waals surface area contributed by atoms with Gasteiger partial charge in [0, 0.05) is 35.8 Å². The minimum atomic E-state index is -0.712. The number of aliphatic hydroxyl groups is 1. The normalized spacial score (nSPS) is 15.3. The molecule has 0 saturated carbocycles. The van der Waals surface area contributed by atoms with E-state index in [4.69, 9.17) is 14.2 Å². The van der Waals surface area contributed by atoms with Crippen molar-refractivity contribution in [3.8, 4) is 17.2 Å². The van der Waals surface area contributed by atoms with Crippen LogP contribution >= 0.6 is 0 Å². The first-order valence-corrected chi connectivity index (χ1v) is 9.46. The Bertz CT molecular complexity index is 1010. The van der Waals surface area contributed by atoms with Crippen LogP contribution in [0.25, 0.3) is 0 Å². The van der Waals surface area contributed by atoms with Crippen molar-refractivity contribution in [3.63, 3.8) is 0 Å². The molecule has 1 aliphatic heterocycles. The molecule has 1 atom stereocenters. The molecule has 0 radical (unpaired) electrons. The summed E-state index contributed by atoms with van der Waals surface area (Å²) < 4.78 is 16.2. The average Bonchev–Trinajstić information content (AvgIpc) is 2.78. The molecule has 156 valence electrons. The molecule has 4 rings (SSSR count). The van der Waals surface area contributed by atoms with Crippen molar-refractivity contribution in [1.82, 2.24) is 15.0 Å². The Labute approximate surface area is 174 Å². The van der Waals surface area contributed by atoms with Gasteiger partial charge in [0.05, 0.1) is 21.3 Å². The summed E-state index contributed by atoms with van der Waals surface area (Å²) in [5.74, 6) is 3.16. The standard InChI is InChI=1S/C21H23N5O4/c1-28-15-10-14(11-16(29-2)19(15)30-3)24-21-23-12-13-7-8-18(27)26(20(13)25-21)17-6-4-5-9-22-17/h4-6,9-12,18,27H,7-8H2,1-3H3,(H,23,24,25). The predicted molar refractivity (Wildman–Crippen MR) is 112 cm³/mol. The lowest BCUT2D eigenvalue weighted by atomic mass is 10.1. The molecular formula is C21H23N5O4. The third-order valence-corrected chi connectivity index (χ3v) is 4.86. The Morgan fingerprint density at radius 3 is 2.47 bits per heavy atom. The number of aryl methyl sites for hydroxylation is 1. The predicted octanol–water partition coefficient (Wildman–Crippen LogP) is 3.04. The van der Waals surface area contributed by atoms with Crippen LogP contribution in [0.4, 0.5) is 23.3 Å². The number of ether oxygens (including phenoxy) is 3. The molecule has 9 heteroatoms. The second kappa shape index (κ2) is 8.42. The quantitative estimate of drug-likeness (QED) is 0.636. The van der Waals surface area contributed by atoms with Gasteiger partial charge in [-0.3, -0.25) is 4.90 Å². The summed E-state index contributed by atoms with van der Waals surface area (Å²) in [6, 6.07) is 9.09. The van der Waals surface area contributed by atoms with E-state index < -0.39 is 6.23 Å². The van der Waals surface area contributed by atoms with Crippen molar-refractivity contribution in [2.75, 3.05) is 31.5 Å². The number of methoxy groups -OCH3 is 3. The van der Waals surface area contributed by atoms with Crippen molar-refractivity contribution < 1.29 is 19.3 Å². The maximum atomic E-state index is 10.6. The third kappa shape index (κ3) is 3.67. The lowest BCUT2D eigenvalue weighted by molar-refractivity contribution is 0.164. The highest BCUT2D eigenvalue weighted by atomic mass is 16.5. The molecule has 2 aromatic heterocycles. The first-order valence-electron chi connectivity index (χ1n) is 9.46. The fourth-order valence-corrected chi connectivity index (χ4v) is 3.44. The summed E-state index contributed by atoms with van der Waals surface area (Å²) >= 11 is 0. The first-order chi connectivity index (χ1) is 14.6. The molecular weight excluding hydrogens is 386 g/mol. The summed E-state index contributed by atoms with van der Waals surface area (Å²) in [7, 11) is 4.67. The van der Waals surface area contributed by atoms with Gasteiger partial charge in [-0.15, -0.1) is 0 Å². The summed E-state index contributed by atoms with van der Waals surface area (Å²) in [5.41, 5.74) is 1.62. The lowest BCUT2D eigenvalue weighted by Gasteiger charge is -2.33. The van der Waals surface area contributed by atoms with E-state index >= 15 is 0 Å². The van der Waals surface area contributed by atoms with Crippen molar-refractivity contribution in [1.29, 1.82) is 0 Å². The van der Waals surface area contributed by atoms with E-state index in [1.54, 1.807) is 50.8 Å². The third-order valence-electron chi connectivity index (χ3n) is 4.86. The summed E-state index contributed by atoms with van der Waals surface area (Å²) in [6.07, 6.45) is 4.00. The monoisotopic (exact) mass is 409 g/mol. The van der Waals surface area contributed by atoms with Crippen LogP contribution in [0.5, 0.6) is 17.2 Å². The minimum Gasteiger partial charge on any atom is -0.493 e. The topological polar surface area (TPSA) is 102 Å². The van der Waals surface area contributed by atoms with E-state index in [1.165, 1.54) is 0 Å². The molecule has 1 aromatic carbocycles. The van der Waals surface area contributed by atoms with Gasteiger partial charge in [-0.1, -0.05) is 6.07 Å². The maximum absolute atomic E-state index is 10.6. The Hall–Kier alpha value is -3.59. The SMILES string of the molecule is COc1cc(Nc2ncc3c(n2)N(c2ccccn2)C(O)CC3)cc(OC)c1OC. The molecule has 0 fully saturated rings. The Morgan fingerprint density at radius 2 is 1.83 bits per heavy atom. The highest BCUT2D eigenvalue weighted by Crippen LogP contribution is 2.41. The Morgan fingerprint density at radius 1 is 1.07 bits per heavy atom. The highest BCUT2D eigenvalue weighted by molar-refractivity contribution is 5.68. The van der Waals surface area contributed by atoms with Gasteiger partial charge in [0.1, 0.15) is 17.9 Å². The number of nitrogens with one attached hydrogen (secondary N) is 1. The van der Waals surface area contributed by atoms with Gasteiger partial charge in [0.15, 0.2) is 11.5 Å². The van der Waals surface area contributed by atoms with Gasteiger partial charge in [0.2, 0.25) is 11.7 Å². The van der Waals surface area contributed by atoms with Crippen LogP contribution in [-0.2, 0) is 6.42 Å². The second-order valence-electron chi connectivity index (χ2n) is 6.66. The fourth-order valence-electron chi connectivity index (χ4n) is 3.44. The van der Waals surface area contributed by atoms with Gasteiger partial charge >= 0.3 is 0 Å². The number of fused-ring (bicyclic) bond motifs is 1. The van der Waals surface area contributed by atoms with E-state index in [0.29, 0.717) is 53.4 Å². The molecule has 1 aliphatic rings. The van der Waals surface area contributed by atoms with E-state index in [1.807, 2.05) is 18.2 Å². The number of pyridine rings is 1. The van der Waals surface area contributed by atoms with E-state index in [9.17, 15) is 5.11 Å². The summed E-state index contributed by atoms with van der Waals surface area (Å²) in [4.78, 5) is 15.2. The Balaban J connectivity index is 1.70. The van der Waals surface area contributed by atoms with Crippen LogP contribution in [0.3, 0.4) is 0 Å². The summed E-state index contributed by atoms with van der Waals surface area (Å²) in [5, 5.41) is 13.8. The fraction of sp³-hybridized carbons (Fsp3) is 0.286. The van der Waals surface area contributed by atoms with Crippen molar-refractivity contribution in [2.24, 2.45) is 0 Å². The largest absolute Gasteiger partial charge is 0.493 e. The van der Waals surface area contributed by atoms with Crippen LogP contribution in [0.1, 0.15) is 12.0 Å². The van der Waals surface area contributed by atoms with Crippen molar-refractivity contribution in [2.45, 2.75) is 19.1 Å². The van der Waals surface area contributed by atoms with Crippen molar-refractivity contribution >= 4 is 23.3 Å². The Kier molecular flexibility index (Phi) is 5.53. The molecule has 9 nitrogen and oxygen atoms in total. The van der Waals surface area contributed by atoms with Crippen LogP contribution < -0.4 is 24.4 Å². The molecule has 0 bridgehead atoms.